The van der Waals surface area contributed by atoms with Crippen LogP contribution in [0.4, 0.5) is 0 Å². The van der Waals surface area contributed by atoms with Gasteiger partial charge in [-0.1, -0.05) is 60.7 Å². The molecule has 0 amide bonds. The van der Waals surface area contributed by atoms with Gasteiger partial charge in [-0.3, -0.25) is 0 Å². The maximum Gasteiger partial charge on any atom is 0.482 e. The summed E-state index contributed by atoms with van der Waals surface area (Å²) in [7, 11) is 0. The minimum Gasteiger partial charge on any atom is -0.429 e. The molecule has 0 fully saturated rings. The summed E-state index contributed by atoms with van der Waals surface area (Å²) in [6.45, 7) is 0. The highest BCUT2D eigenvalue weighted by Crippen LogP contribution is 2.21. The van der Waals surface area contributed by atoms with E-state index in [1.807, 2.05) is 42.5 Å². The van der Waals surface area contributed by atoms with Gasteiger partial charge in [-0.25, -0.2) is 9.97 Å². The molecule has 0 bridgehead atoms. The predicted octanol–water partition coefficient (Wildman–Crippen LogP) is 2.32. The molecule has 3 aromatic rings. The number of nitrogens with zero attached hydrogens (tertiary/aromatic N) is 2. The largest absolute Gasteiger partial charge is 0.482 e. The van der Waals surface area contributed by atoms with Gasteiger partial charge in [0.1, 0.15) is 6.33 Å². The third-order valence-electron chi connectivity index (χ3n) is 2.81. The van der Waals surface area contributed by atoms with Crippen LogP contribution >= 0.6 is 0 Å². The van der Waals surface area contributed by atoms with Crippen LogP contribution in [0.15, 0.2) is 73.1 Å². The Labute approximate surface area is 124 Å². The molecular weight excluding hydrogens is 263 g/mol. The highest BCUT2D eigenvalue weighted by atomic mass is 16.4. The Morgan fingerprint density at radius 1 is 0.667 bits per heavy atom. The molecule has 0 aliphatic rings. The van der Waals surface area contributed by atoms with Gasteiger partial charge in [0.2, 0.25) is 0 Å². The molecule has 21 heavy (non-hydrogen) atoms. The van der Waals surface area contributed by atoms with E-state index in [2.05, 4.69) is 34.2 Å². The van der Waals surface area contributed by atoms with Crippen LogP contribution in [0.5, 0.6) is 0 Å². The van der Waals surface area contributed by atoms with Gasteiger partial charge >= 0.3 is 7.69 Å². The lowest BCUT2D eigenvalue weighted by atomic mass is 10.1. The number of rotatable bonds is 2. The van der Waals surface area contributed by atoms with Crippen molar-refractivity contribution in [2.45, 2.75) is 0 Å². The summed E-state index contributed by atoms with van der Waals surface area (Å²) >= 11 is 0. The molecule has 0 spiro atoms. The van der Waals surface area contributed by atoms with Crippen LogP contribution in [-0.4, -0.2) is 27.7 Å². The summed E-state index contributed by atoms with van der Waals surface area (Å²) in [4.78, 5) is 8.65. The highest BCUT2D eigenvalue weighted by molar-refractivity contribution is 6.13. The molecule has 0 aliphatic carbocycles. The number of hydrogen-bond donors (Lipinski definition) is 2. The molecule has 0 atom stereocenters. The van der Waals surface area contributed by atoms with Crippen LogP contribution in [0, 0.1) is 0 Å². The molecule has 4 nitrogen and oxygen atoms in total. The van der Waals surface area contributed by atoms with Gasteiger partial charge in [0.05, 0.1) is 11.4 Å². The Balaban J connectivity index is 0.000000497. The SMILES string of the molecule is O[B]O.c1ccc(-c2cc(-c3ccccc3)ncn2)cc1. The van der Waals surface area contributed by atoms with Crippen LogP contribution in [-0.2, 0) is 0 Å². The van der Waals surface area contributed by atoms with Crippen molar-refractivity contribution in [3.8, 4) is 22.5 Å². The van der Waals surface area contributed by atoms with E-state index in [-0.39, 0.29) is 7.69 Å². The van der Waals surface area contributed by atoms with Gasteiger partial charge in [0.25, 0.3) is 0 Å². The lowest BCUT2D eigenvalue weighted by molar-refractivity contribution is 0.448. The van der Waals surface area contributed by atoms with Crippen LogP contribution in [0.1, 0.15) is 0 Å². The fraction of sp³-hybridized carbons (Fsp3) is 0. The summed E-state index contributed by atoms with van der Waals surface area (Å²) < 4.78 is 0. The molecule has 1 aromatic heterocycles. The van der Waals surface area contributed by atoms with Crippen molar-refractivity contribution >= 4 is 7.69 Å². The second-order valence-electron chi connectivity index (χ2n) is 4.14. The Kier molecular flexibility index (Phi) is 5.64. The van der Waals surface area contributed by atoms with Gasteiger partial charge in [0.15, 0.2) is 0 Å². The van der Waals surface area contributed by atoms with Crippen molar-refractivity contribution in [2.24, 2.45) is 0 Å². The molecule has 1 radical (unpaired) electrons. The Bertz CT molecular complexity index is 609. The molecule has 103 valence electrons. The molecule has 2 N–H and O–H groups in total. The average Bonchev–Trinajstić information content (AvgIpc) is 2.57. The van der Waals surface area contributed by atoms with Crippen LogP contribution < -0.4 is 0 Å². The Morgan fingerprint density at radius 3 is 1.43 bits per heavy atom. The first-order chi connectivity index (χ1) is 10.3. The van der Waals surface area contributed by atoms with Crippen LogP contribution in [0.25, 0.3) is 22.5 Å². The van der Waals surface area contributed by atoms with Crippen molar-refractivity contribution < 1.29 is 10.0 Å². The molecular formula is C16H14BN2O2. The highest BCUT2D eigenvalue weighted by Gasteiger charge is 2.02. The molecule has 0 aliphatic heterocycles. The van der Waals surface area contributed by atoms with E-state index in [1.165, 1.54) is 0 Å². The summed E-state index contributed by atoms with van der Waals surface area (Å²) in [6.07, 6.45) is 1.62. The van der Waals surface area contributed by atoms with Crippen molar-refractivity contribution in [2.75, 3.05) is 0 Å². The number of hydrogen-bond acceptors (Lipinski definition) is 4. The first-order valence-corrected chi connectivity index (χ1v) is 6.38. The third kappa shape index (κ3) is 4.24. The van der Waals surface area contributed by atoms with Gasteiger partial charge < -0.3 is 10.0 Å². The maximum atomic E-state index is 7.00. The molecule has 0 saturated carbocycles. The minimum atomic E-state index is 0. The van der Waals surface area contributed by atoms with Crippen LogP contribution in [0.2, 0.25) is 0 Å². The molecule has 5 heteroatoms. The van der Waals surface area contributed by atoms with Crippen LogP contribution in [0.3, 0.4) is 0 Å². The van der Waals surface area contributed by atoms with Crippen molar-refractivity contribution in [3.05, 3.63) is 73.1 Å². The van der Waals surface area contributed by atoms with E-state index >= 15 is 0 Å². The summed E-state index contributed by atoms with van der Waals surface area (Å²) in [5.41, 5.74) is 4.11. The van der Waals surface area contributed by atoms with Gasteiger partial charge in [-0.05, 0) is 6.07 Å². The fourth-order valence-electron chi connectivity index (χ4n) is 1.89. The van der Waals surface area contributed by atoms with E-state index < -0.39 is 0 Å². The van der Waals surface area contributed by atoms with E-state index in [4.69, 9.17) is 10.0 Å². The number of benzene rings is 2. The summed E-state index contributed by atoms with van der Waals surface area (Å²) in [6, 6.07) is 22.3. The molecule has 3 rings (SSSR count). The zero-order valence-corrected chi connectivity index (χ0v) is 11.3. The monoisotopic (exact) mass is 277 g/mol. The van der Waals surface area contributed by atoms with Gasteiger partial charge in [0, 0.05) is 11.1 Å². The molecule has 1 heterocycles. The normalized spacial score (nSPS) is 9.43. The second kappa shape index (κ2) is 7.94. The smallest absolute Gasteiger partial charge is 0.429 e. The summed E-state index contributed by atoms with van der Waals surface area (Å²) in [5, 5.41) is 14.0. The van der Waals surface area contributed by atoms with Crippen molar-refractivity contribution in [3.63, 3.8) is 0 Å². The second-order valence-corrected chi connectivity index (χ2v) is 4.14. The average molecular weight is 277 g/mol. The first-order valence-electron chi connectivity index (χ1n) is 6.38. The zero-order valence-electron chi connectivity index (χ0n) is 11.3. The molecule has 0 saturated heterocycles. The summed E-state index contributed by atoms with van der Waals surface area (Å²) in [5.74, 6) is 0. The minimum absolute atomic E-state index is 0. The van der Waals surface area contributed by atoms with E-state index in [9.17, 15) is 0 Å². The third-order valence-corrected chi connectivity index (χ3v) is 2.81. The fourth-order valence-corrected chi connectivity index (χ4v) is 1.89. The van der Waals surface area contributed by atoms with E-state index in [0.29, 0.717) is 0 Å². The first kappa shape index (κ1) is 14.9. The Morgan fingerprint density at radius 2 is 1.05 bits per heavy atom. The Hall–Kier alpha value is -2.50. The number of aromatic nitrogens is 2. The van der Waals surface area contributed by atoms with E-state index in [0.717, 1.165) is 22.5 Å². The lowest BCUT2D eigenvalue weighted by Gasteiger charge is -2.03. The molecule has 2 aromatic carbocycles. The maximum absolute atomic E-state index is 7.00. The van der Waals surface area contributed by atoms with Crippen molar-refractivity contribution in [1.29, 1.82) is 0 Å². The van der Waals surface area contributed by atoms with Gasteiger partial charge in [-0.15, -0.1) is 0 Å². The topological polar surface area (TPSA) is 66.2 Å². The quantitative estimate of drug-likeness (QED) is 0.705. The van der Waals surface area contributed by atoms with Gasteiger partial charge in [-0.2, -0.15) is 0 Å². The lowest BCUT2D eigenvalue weighted by Crippen LogP contribution is -1.88. The molecule has 0 unspecified atom stereocenters. The zero-order chi connectivity index (χ0) is 14.9. The predicted molar refractivity (Wildman–Crippen MR) is 83.1 cm³/mol. The van der Waals surface area contributed by atoms with E-state index in [1.54, 1.807) is 6.33 Å². The van der Waals surface area contributed by atoms with Crippen molar-refractivity contribution in [1.82, 2.24) is 9.97 Å². The standard InChI is InChI=1S/C16H12N2.BH2O2/c1-3-7-13(8-4-1)15-11-16(18-12-17-15)14-9-5-2-6-10-14;2-1-3/h1-12H;2-3H.